The van der Waals surface area contributed by atoms with Crippen molar-refractivity contribution in [1.29, 1.82) is 0 Å². The van der Waals surface area contributed by atoms with E-state index in [0.717, 1.165) is 54.8 Å². The van der Waals surface area contributed by atoms with Crippen molar-refractivity contribution in [2.24, 2.45) is 46.3 Å². The van der Waals surface area contributed by atoms with E-state index in [-0.39, 0.29) is 6.10 Å². The molecule has 8 atom stereocenters. The number of hydrogen-bond acceptors (Lipinski definition) is 3. The molecule has 3 heteroatoms. The van der Waals surface area contributed by atoms with Crippen LogP contribution in [0, 0.1) is 46.3 Å². The lowest BCUT2D eigenvalue weighted by molar-refractivity contribution is -0.0615. The van der Waals surface area contributed by atoms with E-state index in [1.54, 1.807) is 5.57 Å². The average molecular weight is 459 g/mol. The molecule has 0 radical (unpaired) electrons. The van der Waals surface area contributed by atoms with E-state index in [9.17, 15) is 4.79 Å². The Morgan fingerprint density at radius 3 is 2.58 bits per heavy atom. The van der Waals surface area contributed by atoms with Gasteiger partial charge >= 0.3 is 6.16 Å². The molecule has 0 aromatic carbocycles. The molecule has 3 fully saturated rings. The second kappa shape index (κ2) is 9.94. The Morgan fingerprint density at radius 1 is 1.06 bits per heavy atom. The summed E-state index contributed by atoms with van der Waals surface area (Å²) in [6, 6.07) is 0. The third-order valence-corrected chi connectivity index (χ3v) is 10.8. The summed E-state index contributed by atoms with van der Waals surface area (Å²) in [6.45, 7) is 14.7. The summed E-state index contributed by atoms with van der Waals surface area (Å²) in [4.78, 5) is 11.9. The van der Waals surface area contributed by atoms with Crippen molar-refractivity contribution in [3.05, 3.63) is 11.6 Å². The highest BCUT2D eigenvalue weighted by Gasteiger charge is 2.59. The maximum Gasteiger partial charge on any atom is 0.508 e. The van der Waals surface area contributed by atoms with Gasteiger partial charge in [-0.3, -0.25) is 0 Å². The van der Waals surface area contributed by atoms with Crippen LogP contribution in [-0.2, 0) is 9.47 Å². The zero-order chi connectivity index (χ0) is 23.8. The van der Waals surface area contributed by atoms with Crippen molar-refractivity contribution in [2.45, 2.75) is 118 Å². The van der Waals surface area contributed by atoms with E-state index in [2.05, 4.69) is 40.7 Å². The van der Waals surface area contributed by atoms with Gasteiger partial charge in [0.05, 0.1) is 6.61 Å². The zero-order valence-corrected chi connectivity index (χ0v) is 22.3. The number of fused-ring (bicyclic) bond motifs is 5. The molecule has 0 amide bonds. The van der Waals surface area contributed by atoms with Crippen LogP contribution in [0.4, 0.5) is 4.79 Å². The molecule has 0 N–H and O–H groups in total. The third-order valence-electron chi connectivity index (χ3n) is 10.8. The van der Waals surface area contributed by atoms with Crippen LogP contribution in [0.25, 0.3) is 0 Å². The van der Waals surface area contributed by atoms with Gasteiger partial charge in [-0.15, -0.1) is 0 Å². The minimum Gasteiger partial charge on any atom is -0.435 e. The Balaban J connectivity index is 1.43. The van der Waals surface area contributed by atoms with Crippen LogP contribution in [0.15, 0.2) is 11.6 Å². The molecule has 0 heterocycles. The number of allylic oxidation sites excluding steroid dienone is 1. The van der Waals surface area contributed by atoms with Crippen LogP contribution in [0.1, 0.15) is 112 Å². The fourth-order valence-electron chi connectivity index (χ4n) is 9.04. The molecule has 0 aliphatic heterocycles. The van der Waals surface area contributed by atoms with Gasteiger partial charge in [0.15, 0.2) is 0 Å². The molecule has 3 nitrogen and oxygen atoms in total. The maximum atomic E-state index is 11.9. The van der Waals surface area contributed by atoms with E-state index in [1.807, 2.05) is 6.92 Å². The standard InChI is InChI=1S/C30H50O3/c1-7-32-28(31)33-23-15-17-29(5)22(19-23)11-12-24-26-14-13-25(21(4)10-8-9-20(2)3)30(26,6)18-16-27(24)29/h11,20-21,23-27H,7-10,12-19H2,1-6H3/t21?,23-,24-,25+,26-,27-,29-,30+/m0/s1. The second-order valence-electron chi connectivity index (χ2n) is 13.0. The molecule has 0 bridgehead atoms. The fourth-order valence-corrected chi connectivity index (χ4v) is 9.04. The molecule has 1 unspecified atom stereocenters. The lowest BCUT2D eigenvalue weighted by Gasteiger charge is -2.58. The van der Waals surface area contributed by atoms with E-state index >= 15 is 0 Å². The summed E-state index contributed by atoms with van der Waals surface area (Å²) in [5.74, 6) is 5.19. The highest BCUT2D eigenvalue weighted by atomic mass is 16.7. The van der Waals surface area contributed by atoms with Crippen molar-refractivity contribution in [3.63, 3.8) is 0 Å². The first kappa shape index (κ1) is 25.1. The van der Waals surface area contributed by atoms with Crippen LogP contribution >= 0.6 is 0 Å². The molecule has 4 aliphatic carbocycles. The molecular formula is C30H50O3. The number of carbonyl (C=O) groups excluding carboxylic acids is 1. The van der Waals surface area contributed by atoms with Gasteiger partial charge in [-0.25, -0.2) is 4.79 Å². The lowest BCUT2D eigenvalue weighted by Crippen LogP contribution is -2.51. The van der Waals surface area contributed by atoms with Crippen LogP contribution < -0.4 is 0 Å². The Hall–Kier alpha value is -0.990. The van der Waals surface area contributed by atoms with Gasteiger partial charge in [0.1, 0.15) is 6.10 Å². The van der Waals surface area contributed by atoms with Gasteiger partial charge in [0.25, 0.3) is 0 Å². The fraction of sp³-hybridized carbons (Fsp3) is 0.900. The van der Waals surface area contributed by atoms with Crippen LogP contribution in [0.3, 0.4) is 0 Å². The summed E-state index contributed by atoms with van der Waals surface area (Å²) in [5.41, 5.74) is 2.42. The predicted molar refractivity (Wildman–Crippen MR) is 135 cm³/mol. The van der Waals surface area contributed by atoms with Gasteiger partial charge in [-0.2, -0.15) is 0 Å². The predicted octanol–water partition coefficient (Wildman–Crippen LogP) is 8.57. The first-order valence-electron chi connectivity index (χ1n) is 14.2. The molecule has 0 saturated heterocycles. The number of hydrogen-bond donors (Lipinski definition) is 0. The largest absolute Gasteiger partial charge is 0.508 e. The van der Waals surface area contributed by atoms with E-state index < -0.39 is 6.16 Å². The minimum absolute atomic E-state index is 0.00340. The molecule has 33 heavy (non-hydrogen) atoms. The smallest absolute Gasteiger partial charge is 0.435 e. The van der Waals surface area contributed by atoms with Crippen molar-refractivity contribution < 1.29 is 14.3 Å². The van der Waals surface area contributed by atoms with E-state index in [1.165, 1.54) is 51.4 Å². The number of ether oxygens (including phenoxy) is 2. The summed E-state index contributed by atoms with van der Waals surface area (Å²) in [6.07, 6.45) is 16.3. The average Bonchev–Trinajstić information content (AvgIpc) is 3.11. The SMILES string of the molecule is CCOC(=O)O[C@H]1CC[C@@]2(C)C(=CC[C@H]3[C@@H]4CC[C@H](C(C)CCCC(C)C)[C@@]4(C)CC[C@@H]32)C1. The Labute approximate surface area is 203 Å². The monoisotopic (exact) mass is 458 g/mol. The van der Waals surface area contributed by atoms with Gasteiger partial charge < -0.3 is 9.47 Å². The highest BCUT2D eigenvalue weighted by molar-refractivity contribution is 5.60. The van der Waals surface area contributed by atoms with Crippen LogP contribution in [0.5, 0.6) is 0 Å². The first-order valence-corrected chi connectivity index (χ1v) is 14.2. The van der Waals surface area contributed by atoms with Gasteiger partial charge in [0, 0.05) is 6.42 Å². The Morgan fingerprint density at radius 2 is 1.85 bits per heavy atom. The minimum atomic E-state index is -0.492. The highest BCUT2D eigenvalue weighted by Crippen LogP contribution is 2.67. The van der Waals surface area contributed by atoms with Crippen molar-refractivity contribution in [3.8, 4) is 0 Å². The van der Waals surface area contributed by atoms with Gasteiger partial charge in [0.2, 0.25) is 0 Å². The number of rotatable bonds is 7. The second-order valence-corrected chi connectivity index (χ2v) is 13.0. The molecule has 0 aromatic heterocycles. The van der Waals surface area contributed by atoms with Gasteiger partial charge in [-0.05, 0) is 98.2 Å². The van der Waals surface area contributed by atoms with Crippen LogP contribution in [0.2, 0.25) is 0 Å². The van der Waals surface area contributed by atoms with E-state index in [4.69, 9.17) is 9.47 Å². The van der Waals surface area contributed by atoms with Crippen molar-refractivity contribution >= 4 is 6.16 Å². The quantitative estimate of drug-likeness (QED) is 0.283. The summed E-state index contributed by atoms with van der Waals surface area (Å²) < 4.78 is 10.7. The maximum absolute atomic E-state index is 11.9. The Bertz CT molecular complexity index is 726. The number of carbonyl (C=O) groups is 1. The molecule has 3 saturated carbocycles. The first-order chi connectivity index (χ1) is 15.7. The van der Waals surface area contributed by atoms with Crippen LogP contribution in [-0.4, -0.2) is 18.9 Å². The Kier molecular flexibility index (Phi) is 7.56. The summed E-state index contributed by atoms with van der Waals surface area (Å²) in [7, 11) is 0. The zero-order valence-electron chi connectivity index (χ0n) is 22.3. The molecule has 4 aliphatic rings. The molecular weight excluding hydrogens is 408 g/mol. The van der Waals surface area contributed by atoms with E-state index in [0.29, 0.717) is 17.4 Å². The molecule has 4 rings (SSSR count). The molecule has 0 spiro atoms. The lowest BCUT2D eigenvalue weighted by atomic mass is 9.47. The van der Waals surface area contributed by atoms with Crippen molar-refractivity contribution in [1.82, 2.24) is 0 Å². The normalized spacial score (nSPS) is 40.9. The van der Waals surface area contributed by atoms with Crippen molar-refractivity contribution in [2.75, 3.05) is 6.61 Å². The van der Waals surface area contributed by atoms with Gasteiger partial charge in [-0.1, -0.05) is 65.5 Å². The molecule has 188 valence electrons. The summed E-state index contributed by atoms with van der Waals surface area (Å²) >= 11 is 0. The topological polar surface area (TPSA) is 35.5 Å². The third kappa shape index (κ3) is 4.76. The summed E-state index contributed by atoms with van der Waals surface area (Å²) in [5, 5.41) is 0. The molecule has 0 aromatic rings.